The Morgan fingerprint density at radius 1 is 1.35 bits per heavy atom. The first kappa shape index (κ1) is 17.1. The van der Waals surface area contributed by atoms with Crippen LogP contribution in [0.1, 0.15) is 18.2 Å². The molecule has 1 heterocycles. The number of carbonyl (C=O) groups excluding carboxylic acids is 1. The Morgan fingerprint density at radius 3 is 2.78 bits per heavy atom. The molecular formula is C16H19N3O3S. The first-order valence-electron chi connectivity index (χ1n) is 7.23. The van der Waals surface area contributed by atoms with Gasteiger partial charge in [0.05, 0.1) is 18.0 Å². The highest BCUT2D eigenvalue weighted by Crippen LogP contribution is 2.24. The van der Waals surface area contributed by atoms with Crippen LogP contribution in [0.2, 0.25) is 0 Å². The number of thioether (sulfide) groups is 1. The fourth-order valence-corrected chi connectivity index (χ4v) is 2.57. The molecule has 0 saturated carbocycles. The summed E-state index contributed by atoms with van der Waals surface area (Å²) in [7, 11) is 0. The van der Waals surface area contributed by atoms with Crippen LogP contribution >= 0.6 is 11.8 Å². The molecule has 0 saturated heterocycles. The van der Waals surface area contributed by atoms with Gasteiger partial charge >= 0.3 is 0 Å². The normalized spacial score (nSPS) is 10.4. The molecule has 2 rings (SSSR count). The van der Waals surface area contributed by atoms with Crippen LogP contribution in [0.3, 0.4) is 0 Å². The summed E-state index contributed by atoms with van der Waals surface area (Å²) < 4.78 is 5.46. The van der Waals surface area contributed by atoms with E-state index in [2.05, 4.69) is 15.3 Å². The largest absolute Gasteiger partial charge is 0.492 e. The van der Waals surface area contributed by atoms with Crippen molar-refractivity contribution >= 4 is 23.4 Å². The molecule has 0 bridgehead atoms. The maximum absolute atomic E-state index is 12.1. The molecule has 0 fully saturated rings. The number of ether oxygens (including phenoxy) is 1. The standard InChI is InChI=1S/C16H19N3O3S/c1-4-22-13-8-6-5-7-12(13)18-14(20)9-23-16-17-11(3)10(2)15(21)19-16/h5-8H,4,9H2,1-3H3,(H,18,20)(H,17,19,21). The van der Waals surface area contributed by atoms with Gasteiger partial charge in [0, 0.05) is 11.3 Å². The van der Waals surface area contributed by atoms with Gasteiger partial charge in [-0.25, -0.2) is 4.98 Å². The molecule has 0 atom stereocenters. The zero-order chi connectivity index (χ0) is 16.8. The minimum absolute atomic E-state index is 0.145. The highest BCUT2D eigenvalue weighted by atomic mass is 32.2. The van der Waals surface area contributed by atoms with Gasteiger partial charge in [-0.3, -0.25) is 9.59 Å². The molecule has 1 amide bonds. The van der Waals surface area contributed by atoms with Gasteiger partial charge in [-0.15, -0.1) is 0 Å². The zero-order valence-electron chi connectivity index (χ0n) is 13.3. The number of aromatic amines is 1. The average Bonchev–Trinajstić information content (AvgIpc) is 2.52. The van der Waals surface area contributed by atoms with Crippen molar-refractivity contribution in [2.75, 3.05) is 17.7 Å². The number of aromatic nitrogens is 2. The lowest BCUT2D eigenvalue weighted by molar-refractivity contribution is -0.113. The fourth-order valence-electron chi connectivity index (χ4n) is 1.86. The van der Waals surface area contributed by atoms with E-state index in [0.717, 1.165) is 0 Å². The Kier molecular flexibility index (Phi) is 5.81. The van der Waals surface area contributed by atoms with Gasteiger partial charge in [0.2, 0.25) is 5.91 Å². The van der Waals surface area contributed by atoms with E-state index in [1.165, 1.54) is 11.8 Å². The minimum atomic E-state index is -0.192. The van der Waals surface area contributed by atoms with Crippen molar-refractivity contribution in [3.63, 3.8) is 0 Å². The fraction of sp³-hybridized carbons (Fsp3) is 0.312. The van der Waals surface area contributed by atoms with Gasteiger partial charge in [-0.1, -0.05) is 23.9 Å². The van der Waals surface area contributed by atoms with E-state index in [0.29, 0.717) is 34.5 Å². The Bertz CT molecular complexity index is 758. The number of anilines is 1. The summed E-state index contributed by atoms with van der Waals surface area (Å²) in [5, 5.41) is 3.24. The van der Waals surface area contributed by atoms with Gasteiger partial charge in [0.1, 0.15) is 5.75 Å². The number of hydrogen-bond acceptors (Lipinski definition) is 5. The monoisotopic (exact) mass is 333 g/mol. The number of benzene rings is 1. The van der Waals surface area contributed by atoms with E-state index < -0.39 is 0 Å². The highest BCUT2D eigenvalue weighted by Gasteiger charge is 2.10. The second kappa shape index (κ2) is 7.82. The number of H-pyrrole nitrogens is 1. The quantitative estimate of drug-likeness (QED) is 0.627. The van der Waals surface area contributed by atoms with Gasteiger partial charge in [-0.05, 0) is 32.9 Å². The third-order valence-electron chi connectivity index (χ3n) is 3.17. The average molecular weight is 333 g/mol. The topological polar surface area (TPSA) is 84.1 Å². The van der Waals surface area contributed by atoms with Gasteiger partial charge < -0.3 is 15.0 Å². The van der Waals surface area contributed by atoms with Gasteiger partial charge in [0.25, 0.3) is 5.56 Å². The molecule has 1 aromatic heterocycles. The van der Waals surface area contributed by atoms with Crippen LogP contribution in [0.15, 0.2) is 34.2 Å². The predicted molar refractivity (Wildman–Crippen MR) is 91.3 cm³/mol. The van der Waals surface area contributed by atoms with E-state index in [-0.39, 0.29) is 17.2 Å². The SMILES string of the molecule is CCOc1ccccc1NC(=O)CSc1nc(C)c(C)c(=O)[nH]1. The molecule has 2 aromatic rings. The van der Waals surface area contributed by atoms with Crippen LogP contribution < -0.4 is 15.6 Å². The van der Waals surface area contributed by atoms with Crippen LogP contribution in [0.25, 0.3) is 0 Å². The molecule has 7 heteroatoms. The maximum atomic E-state index is 12.1. The molecule has 0 aliphatic heterocycles. The van der Waals surface area contributed by atoms with Gasteiger partial charge in [-0.2, -0.15) is 0 Å². The van der Waals surface area contributed by atoms with Crippen molar-refractivity contribution in [3.8, 4) is 5.75 Å². The Hall–Kier alpha value is -2.28. The van der Waals surface area contributed by atoms with E-state index >= 15 is 0 Å². The van der Waals surface area contributed by atoms with Crippen LogP contribution in [0.4, 0.5) is 5.69 Å². The second-order valence-electron chi connectivity index (χ2n) is 4.85. The number of rotatable bonds is 6. The van der Waals surface area contributed by atoms with Crippen LogP contribution in [0.5, 0.6) is 5.75 Å². The van der Waals surface area contributed by atoms with Crippen molar-refractivity contribution < 1.29 is 9.53 Å². The third kappa shape index (κ3) is 4.59. The first-order valence-corrected chi connectivity index (χ1v) is 8.21. The van der Waals surface area contributed by atoms with Crippen LogP contribution in [0, 0.1) is 13.8 Å². The van der Waals surface area contributed by atoms with Crippen molar-refractivity contribution in [2.45, 2.75) is 25.9 Å². The first-order chi connectivity index (χ1) is 11.0. The lowest BCUT2D eigenvalue weighted by Gasteiger charge is -2.11. The maximum Gasteiger partial charge on any atom is 0.254 e. The molecular weight excluding hydrogens is 314 g/mol. The summed E-state index contributed by atoms with van der Waals surface area (Å²) in [6, 6.07) is 7.26. The Balaban J connectivity index is 2.00. The number of nitrogens with zero attached hydrogens (tertiary/aromatic N) is 1. The van der Waals surface area contributed by atoms with Crippen molar-refractivity contribution in [2.24, 2.45) is 0 Å². The van der Waals surface area contributed by atoms with Gasteiger partial charge in [0.15, 0.2) is 5.16 Å². The van der Waals surface area contributed by atoms with Crippen LogP contribution in [-0.2, 0) is 4.79 Å². The molecule has 1 aromatic carbocycles. The summed E-state index contributed by atoms with van der Waals surface area (Å²) >= 11 is 1.18. The summed E-state index contributed by atoms with van der Waals surface area (Å²) in [6.45, 7) is 5.89. The summed E-state index contributed by atoms with van der Waals surface area (Å²) in [4.78, 5) is 30.7. The Labute approximate surface area is 138 Å². The van der Waals surface area contributed by atoms with Crippen molar-refractivity contribution in [1.29, 1.82) is 0 Å². The van der Waals surface area contributed by atoms with E-state index in [4.69, 9.17) is 4.74 Å². The third-order valence-corrected chi connectivity index (χ3v) is 4.05. The Morgan fingerprint density at radius 2 is 2.09 bits per heavy atom. The van der Waals surface area contributed by atoms with Crippen molar-refractivity contribution in [3.05, 3.63) is 45.9 Å². The lowest BCUT2D eigenvalue weighted by Crippen LogP contribution is -2.17. The second-order valence-corrected chi connectivity index (χ2v) is 5.81. The van der Waals surface area contributed by atoms with E-state index in [1.807, 2.05) is 19.1 Å². The number of amides is 1. The van der Waals surface area contributed by atoms with Crippen molar-refractivity contribution in [1.82, 2.24) is 9.97 Å². The smallest absolute Gasteiger partial charge is 0.254 e. The summed E-state index contributed by atoms with van der Waals surface area (Å²) in [6.07, 6.45) is 0. The molecule has 0 unspecified atom stereocenters. The predicted octanol–water partition coefficient (Wildman–Crippen LogP) is 2.52. The number of carbonyl (C=O) groups is 1. The van der Waals surface area contributed by atoms with Crippen LogP contribution in [-0.4, -0.2) is 28.2 Å². The molecule has 23 heavy (non-hydrogen) atoms. The molecule has 0 aliphatic carbocycles. The summed E-state index contributed by atoms with van der Waals surface area (Å²) in [5.41, 5.74) is 1.70. The number of hydrogen-bond donors (Lipinski definition) is 2. The van der Waals surface area contributed by atoms with E-state index in [9.17, 15) is 9.59 Å². The molecule has 122 valence electrons. The number of aryl methyl sites for hydroxylation is 1. The number of nitrogens with one attached hydrogen (secondary N) is 2. The molecule has 0 aliphatic rings. The summed E-state index contributed by atoms with van der Waals surface area (Å²) in [5.74, 6) is 0.584. The lowest BCUT2D eigenvalue weighted by atomic mass is 10.3. The molecule has 0 spiro atoms. The number of para-hydroxylation sites is 2. The molecule has 2 N–H and O–H groups in total. The highest BCUT2D eigenvalue weighted by molar-refractivity contribution is 7.99. The zero-order valence-corrected chi connectivity index (χ0v) is 14.1. The minimum Gasteiger partial charge on any atom is -0.492 e. The van der Waals surface area contributed by atoms with E-state index in [1.54, 1.807) is 26.0 Å². The molecule has 0 radical (unpaired) electrons. The molecule has 6 nitrogen and oxygen atoms in total.